The zero-order valence-electron chi connectivity index (χ0n) is 13.6. The molecule has 0 aliphatic carbocycles. The zero-order valence-corrected chi connectivity index (χ0v) is 14.4. The third-order valence-electron chi connectivity index (χ3n) is 4.17. The number of carbonyl (C=O) groups excluding carboxylic acids is 1. The Bertz CT molecular complexity index is 774. The van der Waals surface area contributed by atoms with Crippen LogP contribution in [0.1, 0.15) is 23.7 Å². The fraction of sp³-hybridized carbons (Fsp3) is 0.467. The molecule has 9 heteroatoms. The van der Waals surface area contributed by atoms with Crippen molar-refractivity contribution in [2.75, 3.05) is 27.3 Å². The lowest BCUT2D eigenvalue weighted by Gasteiger charge is -2.20. The minimum atomic E-state index is -3.93. The molecule has 0 aromatic heterocycles. The number of nitrogens with zero attached hydrogens (tertiary/aromatic N) is 1. The quantitative estimate of drug-likeness (QED) is 0.782. The molecular formula is C15H19NO7S. The van der Waals surface area contributed by atoms with Gasteiger partial charge in [0.15, 0.2) is 0 Å². The third kappa shape index (κ3) is 3.09. The fourth-order valence-corrected chi connectivity index (χ4v) is 4.16. The van der Waals surface area contributed by atoms with Crippen molar-refractivity contribution in [3.8, 4) is 5.75 Å². The summed E-state index contributed by atoms with van der Waals surface area (Å²) in [6.45, 7) is 1.49. The highest BCUT2D eigenvalue weighted by molar-refractivity contribution is 7.89. The summed E-state index contributed by atoms with van der Waals surface area (Å²) < 4.78 is 36.3. The summed E-state index contributed by atoms with van der Waals surface area (Å²) >= 11 is 0. The topological polar surface area (TPSA) is 110 Å². The highest BCUT2D eigenvalue weighted by Crippen LogP contribution is 2.34. The van der Waals surface area contributed by atoms with Crippen LogP contribution in [0.3, 0.4) is 0 Å². The number of carboxylic acid groups (broad SMARTS) is 1. The van der Waals surface area contributed by atoms with Crippen molar-refractivity contribution >= 4 is 22.0 Å². The first-order chi connectivity index (χ1) is 11.2. The van der Waals surface area contributed by atoms with Gasteiger partial charge in [-0.25, -0.2) is 13.2 Å². The van der Waals surface area contributed by atoms with Gasteiger partial charge in [0.05, 0.1) is 24.5 Å². The Labute approximate surface area is 140 Å². The van der Waals surface area contributed by atoms with Gasteiger partial charge in [0.1, 0.15) is 11.3 Å². The van der Waals surface area contributed by atoms with Crippen molar-refractivity contribution in [2.24, 2.45) is 5.41 Å². The van der Waals surface area contributed by atoms with Crippen LogP contribution in [-0.2, 0) is 19.6 Å². The molecule has 1 fully saturated rings. The van der Waals surface area contributed by atoms with Crippen molar-refractivity contribution in [1.29, 1.82) is 0 Å². The molecule has 1 N–H and O–H groups in total. The number of benzene rings is 1. The van der Waals surface area contributed by atoms with Gasteiger partial charge in [0.25, 0.3) is 0 Å². The van der Waals surface area contributed by atoms with E-state index in [9.17, 15) is 23.1 Å². The summed E-state index contributed by atoms with van der Waals surface area (Å²) in [5.74, 6) is -1.57. The number of ether oxygens (including phenoxy) is 2. The average Bonchev–Trinajstić information content (AvgIpc) is 2.98. The van der Waals surface area contributed by atoms with Gasteiger partial charge in [-0.2, -0.15) is 4.31 Å². The van der Waals surface area contributed by atoms with Gasteiger partial charge in [0.2, 0.25) is 10.0 Å². The van der Waals surface area contributed by atoms with Crippen LogP contribution in [0.25, 0.3) is 0 Å². The molecule has 0 spiro atoms. The molecule has 0 bridgehead atoms. The van der Waals surface area contributed by atoms with Gasteiger partial charge in [-0.15, -0.1) is 0 Å². The smallest absolute Gasteiger partial charge is 0.341 e. The Balaban J connectivity index is 2.40. The first-order valence-corrected chi connectivity index (χ1v) is 8.59. The minimum Gasteiger partial charge on any atom is -0.496 e. The first kappa shape index (κ1) is 18.2. The maximum atomic E-state index is 12.7. The van der Waals surface area contributed by atoms with E-state index in [-0.39, 0.29) is 35.7 Å². The molecule has 1 aliphatic rings. The summed E-state index contributed by atoms with van der Waals surface area (Å²) in [7, 11) is -1.39. The number of carbonyl (C=O) groups is 2. The highest BCUT2D eigenvalue weighted by Gasteiger charge is 2.45. The average molecular weight is 357 g/mol. The van der Waals surface area contributed by atoms with Gasteiger partial charge >= 0.3 is 11.9 Å². The minimum absolute atomic E-state index is 0.0127. The van der Waals surface area contributed by atoms with Crippen LogP contribution in [0.15, 0.2) is 23.1 Å². The number of esters is 1. The lowest BCUT2D eigenvalue weighted by Crippen LogP contribution is -2.35. The normalized spacial score (nSPS) is 21.5. The molecule has 1 saturated heterocycles. The molecule has 0 radical (unpaired) electrons. The Kier molecular flexibility index (Phi) is 4.86. The van der Waals surface area contributed by atoms with Gasteiger partial charge in [-0.3, -0.25) is 4.79 Å². The molecule has 1 heterocycles. The summed E-state index contributed by atoms with van der Waals surface area (Å²) in [5.41, 5.74) is -1.13. The molecule has 1 aromatic rings. The van der Waals surface area contributed by atoms with Crippen molar-refractivity contribution in [3.63, 3.8) is 0 Å². The van der Waals surface area contributed by atoms with E-state index in [4.69, 9.17) is 4.74 Å². The summed E-state index contributed by atoms with van der Waals surface area (Å²) in [4.78, 5) is 23.0. The number of carboxylic acids is 1. The Morgan fingerprint density at radius 1 is 1.29 bits per heavy atom. The van der Waals surface area contributed by atoms with Crippen LogP contribution < -0.4 is 4.74 Å². The molecule has 2 rings (SSSR count). The molecule has 1 aromatic carbocycles. The molecule has 0 amide bonds. The molecule has 24 heavy (non-hydrogen) atoms. The molecule has 8 nitrogen and oxygen atoms in total. The Morgan fingerprint density at radius 3 is 2.46 bits per heavy atom. The molecule has 1 aliphatic heterocycles. The van der Waals surface area contributed by atoms with Gasteiger partial charge < -0.3 is 14.6 Å². The fourth-order valence-electron chi connectivity index (χ4n) is 2.56. The summed E-state index contributed by atoms with van der Waals surface area (Å²) in [5, 5.41) is 9.24. The second kappa shape index (κ2) is 6.40. The Morgan fingerprint density at radius 2 is 1.96 bits per heavy atom. The van der Waals surface area contributed by atoms with E-state index in [1.807, 2.05) is 0 Å². The first-order valence-electron chi connectivity index (χ1n) is 7.15. The molecule has 1 atom stereocenters. The van der Waals surface area contributed by atoms with Crippen molar-refractivity contribution in [2.45, 2.75) is 18.2 Å². The maximum Gasteiger partial charge on any atom is 0.341 e. The van der Waals surface area contributed by atoms with Crippen LogP contribution in [0.5, 0.6) is 5.75 Å². The van der Waals surface area contributed by atoms with Crippen LogP contribution in [0, 0.1) is 5.41 Å². The largest absolute Gasteiger partial charge is 0.496 e. The summed E-state index contributed by atoms with van der Waals surface area (Å²) in [6, 6.07) is 3.86. The second-order valence-electron chi connectivity index (χ2n) is 5.81. The van der Waals surface area contributed by atoms with Crippen molar-refractivity contribution in [3.05, 3.63) is 23.8 Å². The third-order valence-corrected chi connectivity index (χ3v) is 6.01. The van der Waals surface area contributed by atoms with E-state index in [1.165, 1.54) is 39.3 Å². The number of methoxy groups -OCH3 is 2. The van der Waals surface area contributed by atoms with Gasteiger partial charge in [0, 0.05) is 13.1 Å². The number of sulfonamides is 1. The van der Waals surface area contributed by atoms with Gasteiger partial charge in [-0.1, -0.05) is 0 Å². The number of hydrogen-bond acceptors (Lipinski definition) is 6. The summed E-state index contributed by atoms with van der Waals surface area (Å²) in [6.07, 6.45) is 0.224. The van der Waals surface area contributed by atoms with Crippen molar-refractivity contribution in [1.82, 2.24) is 4.31 Å². The van der Waals surface area contributed by atoms with Crippen LogP contribution >= 0.6 is 0 Å². The van der Waals surface area contributed by atoms with E-state index >= 15 is 0 Å². The van der Waals surface area contributed by atoms with E-state index < -0.39 is 27.4 Å². The molecule has 0 saturated carbocycles. The highest BCUT2D eigenvalue weighted by atomic mass is 32.2. The van der Waals surface area contributed by atoms with Crippen LogP contribution in [0.2, 0.25) is 0 Å². The lowest BCUT2D eigenvalue weighted by atomic mass is 9.90. The number of hydrogen-bond donors (Lipinski definition) is 1. The lowest BCUT2D eigenvalue weighted by molar-refractivity contribution is -0.146. The van der Waals surface area contributed by atoms with E-state index in [0.717, 1.165) is 4.31 Å². The monoisotopic (exact) mass is 357 g/mol. The van der Waals surface area contributed by atoms with E-state index in [1.54, 1.807) is 0 Å². The number of rotatable bonds is 5. The zero-order chi connectivity index (χ0) is 18.1. The predicted molar refractivity (Wildman–Crippen MR) is 83.5 cm³/mol. The second-order valence-corrected chi connectivity index (χ2v) is 7.75. The molecule has 1 unspecified atom stereocenters. The van der Waals surface area contributed by atoms with Crippen molar-refractivity contribution < 1.29 is 32.6 Å². The van der Waals surface area contributed by atoms with Crippen LogP contribution in [0.4, 0.5) is 0 Å². The van der Waals surface area contributed by atoms with Crippen LogP contribution in [-0.4, -0.2) is 57.1 Å². The Hall–Kier alpha value is -2.13. The predicted octanol–water partition coefficient (Wildman–Crippen LogP) is 0.967. The number of aliphatic carboxylic acids is 1. The SMILES string of the molecule is COC(=O)c1cc(S(=O)(=O)N2CCC(C)(C(=O)O)C2)ccc1OC. The maximum absolute atomic E-state index is 12.7. The van der Waals surface area contributed by atoms with Gasteiger partial charge in [-0.05, 0) is 31.5 Å². The molecular weight excluding hydrogens is 338 g/mol. The van der Waals surface area contributed by atoms with E-state index in [2.05, 4.69) is 4.74 Å². The molecule has 132 valence electrons. The standard InChI is InChI=1S/C15H19NO7S/c1-15(14(18)19)6-7-16(9-15)24(20,21)10-4-5-12(22-2)11(8-10)13(17)23-3/h4-5,8H,6-7,9H2,1-3H3,(H,18,19). The van der Waals surface area contributed by atoms with E-state index in [0.29, 0.717) is 0 Å².